The van der Waals surface area contributed by atoms with Gasteiger partial charge in [-0.25, -0.2) is 14.4 Å². The molecule has 8 nitrogen and oxygen atoms in total. The van der Waals surface area contributed by atoms with Crippen LogP contribution < -0.4 is 16.2 Å². The molecule has 3 heterocycles. The number of nitrogen functional groups attached to an aromatic ring is 1. The van der Waals surface area contributed by atoms with Crippen LogP contribution in [0.25, 0.3) is 16.6 Å². The van der Waals surface area contributed by atoms with Crippen molar-refractivity contribution in [2.24, 2.45) is 0 Å². The molecule has 2 aromatic heterocycles. The molecule has 0 bridgehead atoms. The summed E-state index contributed by atoms with van der Waals surface area (Å²) in [7, 11) is 0. The Morgan fingerprint density at radius 3 is 2.67 bits per heavy atom. The second-order valence-corrected chi connectivity index (χ2v) is 7.91. The fourth-order valence-corrected chi connectivity index (χ4v) is 4.46. The van der Waals surface area contributed by atoms with Gasteiger partial charge in [-0.1, -0.05) is 24.3 Å². The summed E-state index contributed by atoms with van der Waals surface area (Å²) in [5, 5.41) is 9.69. The van der Waals surface area contributed by atoms with Crippen molar-refractivity contribution in [1.29, 1.82) is 5.26 Å². The summed E-state index contributed by atoms with van der Waals surface area (Å²) in [5.41, 5.74) is 7.10. The minimum atomic E-state index is -0.615. The molecule has 1 aliphatic heterocycles. The molecule has 1 atom stereocenters. The van der Waals surface area contributed by atoms with Gasteiger partial charge >= 0.3 is 0 Å². The number of hydrogen-bond acceptors (Lipinski definition) is 7. The fourth-order valence-electron chi connectivity index (χ4n) is 4.46. The lowest BCUT2D eigenvalue weighted by Gasteiger charge is -2.28. The Bertz CT molecular complexity index is 1480. The highest BCUT2D eigenvalue weighted by Crippen LogP contribution is 2.37. The van der Waals surface area contributed by atoms with Crippen molar-refractivity contribution in [1.82, 2.24) is 19.5 Å². The second kappa shape index (κ2) is 7.98. The van der Waals surface area contributed by atoms with Crippen LogP contribution in [-0.4, -0.2) is 26.1 Å². The first-order valence-corrected chi connectivity index (χ1v) is 10.6. The highest BCUT2D eigenvalue weighted by atomic mass is 19.1. The maximum absolute atomic E-state index is 14.7. The lowest BCUT2D eigenvalue weighted by Crippen LogP contribution is -2.33. The van der Waals surface area contributed by atoms with Crippen molar-refractivity contribution < 1.29 is 4.39 Å². The van der Waals surface area contributed by atoms with E-state index < -0.39 is 11.4 Å². The van der Waals surface area contributed by atoms with Crippen molar-refractivity contribution >= 4 is 22.7 Å². The van der Waals surface area contributed by atoms with Crippen LogP contribution in [0.2, 0.25) is 0 Å². The molecule has 2 N–H and O–H groups in total. The topological polar surface area (TPSA) is 114 Å². The zero-order valence-electron chi connectivity index (χ0n) is 17.9. The molecule has 1 unspecified atom stereocenters. The van der Waals surface area contributed by atoms with Crippen molar-refractivity contribution in [3.05, 3.63) is 81.8 Å². The van der Waals surface area contributed by atoms with Gasteiger partial charge in [0.25, 0.3) is 5.56 Å². The molecular weight excluding hydrogens is 421 g/mol. The maximum Gasteiger partial charge on any atom is 0.269 e. The summed E-state index contributed by atoms with van der Waals surface area (Å²) >= 11 is 0. The predicted molar refractivity (Wildman–Crippen MR) is 123 cm³/mol. The molecule has 0 saturated carbocycles. The monoisotopic (exact) mass is 441 g/mol. The first-order valence-electron chi connectivity index (χ1n) is 10.6. The van der Waals surface area contributed by atoms with Gasteiger partial charge in [0.1, 0.15) is 28.7 Å². The number of aromatic nitrogens is 4. The summed E-state index contributed by atoms with van der Waals surface area (Å²) in [6, 6.07) is 15.3. The molecule has 0 radical (unpaired) electrons. The van der Waals surface area contributed by atoms with Crippen molar-refractivity contribution in [2.45, 2.75) is 25.8 Å². The number of para-hydroxylation sites is 1. The molecule has 1 aliphatic rings. The third-order valence-corrected chi connectivity index (χ3v) is 5.91. The molecule has 1 fully saturated rings. The first-order chi connectivity index (χ1) is 16.0. The van der Waals surface area contributed by atoms with Crippen LogP contribution in [-0.2, 0) is 0 Å². The van der Waals surface area contributed by atoms with Crippen LogP contribution >= 0.6 is 0 Å². The van der Waals surface area contributed by atoms with E-state index in [2.05, 4.69) is 16.0 Å². The Labute approximate surface area is 188 Å². The Kier molecular flexibility index (Phi) is 4.98. The van der Waals surface area contributed by atoms with Gasteiger partial charge in [0.05, 0.1) is 22.9 Å². The van der Waals surface area contributed by atoms with Gasteiger partial charge in [0, 0.05) is 6.54 Å². The fraction of sp³-hybridized carbons (Fsp3) is 0.208. The number of hydrogen-bond donors (Lipinski definition) is 1. The number of anilines is 2. The Morgan fingerprint density at radius 1 is 1.12 bits per heavy atom. The first kappa shape index (κ1) is 20.6. The lowest BCUT2D eigenvalue weighted by atomic mass is 10.1. The van der Waals surface area contributed by atoms with Crippen LogP contribution in [0.1, 0.15) is 36.0 Å². The SMILES string of the molecule is Cc1nc(N)nc(N2CCCC2c2nc3cccc(F)c3c(=O)n2-c2ccccc2)c1C#N. The van der Waals surface area contributed by atoms with E-state index in [0.29, 0.717) is 41.6 Å². The van der Waals surface area contributed by atoms with Crippen LogP contribution in [0.15, 0.2) is 53.3 Å². The van der Waals surface area contributed by atoms with Crippen molar-refractivity contribution in [3.63, 3.8) is 0 Å². The van der Waals surface area contributed by atoms with E-state index in [1.54, 1.807) is 25.1 Å². The van der Waals surface area contributed by atoms with Crippen LogP contribution in [0.5, 0.6) is 0 Å². The molecule has 164 valence electrons. The number of aryl methyl sites for hydroxylation is 1. The zero-order valence-corrected chi connectivity index (χ0v) is 17.9. The van der Waals surface area contributed by atoms with Gasteiger partial charge in [-0.15, -0.1) is 0 Å². The summed E-state index contributed by atoms with van der Waals surface area (Å²) in [6.07, 6.45) is 1.47. The number of benzene rings is 2. The maximum atomic E-state index is 14.7. The van der Waals surface area contributed by atoms with E-state index in [4.69, 9.17) is 10.7 Å². The van der Waals surface area contributed by atoms with Crippen molar-refractivity contribution in [2.75, 3.05) is 17.2 Å². The number of rotatable bonds is 3. The van der Waals surface area contributed by atoms with Crippen LogP contribution in [0.4, 0.5) is 16.2 Å². The molecule has 4 aromatic rings. The van der Waals surface area contributed by atoms with E-state index >= 15 is 0 Å². The summed E-state index contributed by atoms with van der Waals surface area (Å²) in [4.78, 5) is 28.7. The van der Waals surface area contributed by atoms with Crippen LogP contribution in [0, 0.1) is 24.1 Å². The van der Waals surface area contributed by atoms with E-state index in [1.807, 2.05) is 23.1 Å². The number of nitrogens with zero attached hydrogens (tertiary/aromatic N) is 6. The Hall–Kier alpha value is -4.32. The third-order valence-electron chi connectivity index (χ3n) is 5.91. The van der Waals surface area contributed by atoms with Gasteiger partial charge < -0.3 is 10.6 Å². The highest BCUT2D eigenvalue weighted by molar-refractivity contribution is 5.79. The van der Waals surface area contributed by atoms with E-state index in [1.165, 1.54) is 16.7 Å². The molecule has 0 amide bonds. The third kappa shape index (κ3) is 3.36. The molecular formula is C24H20FN7O. The molecule has 1 saturated heterocycles. The minimum Gasteiger partial charge on any atom is -0.368 e. The van der Waals surface area contributed by atoms with E-state index in [-0.39, 0.29) is 22.9 Å². The minimum absolute atomic E-state index is 0.0607. The molecule has 2 aromatic carbocycles. The van der Waals surface area contributed by atoms with E-state index in [9.17, 15) is 14.4 Å². The number of nitrogens with two attached hydrogens (primary N) is 1. The lowest BCUT2D eigenvalue weighted by molar-refractivity contribution is 0.620. The van der Waals surface area contributed by atoms with Gasteiger partial charge in [-0.3, -0.25) is 9.36 Å². The Balaban J connectivity index is 1.79. The van der Waals surface area contributed by atoms with Gasteiger partial charge in [0.2, 0.25) is 5.95 Å². The van der Waals surface area contributed by atoms with Crippen LogP contribution in [0.3, 0.4) is 0 Å². The predicted octanol–water partition coefficient (Wildman–Crippen LogP) is 3.42. The second-order valence-electron chi connectivity index (χ2n) is 7.91. The normalized spacial score (nSPS) is 15.7. The summed E-state index contributed by atoms with van der Waals surface area (Å²) in [5.74, 6) is 0.329. The highest BCUT2D eigenvalue weighted by Gasteiger charge is 2.34. The molecule has 5 rings (SSSR count). The average molecular weight is 441 g/mol. The van der Waals surface area contributed by atoms with E-state index in [0.717, 1.165) is 6.42 Å². The number of halogens is 1. The smallest absolute Gasteiger partial charge is 0.269 e. The number of fused-ring (bicyclic) bond motifs is 1. The molecule has 0 spiro atoms. The average Bonchev–Trinajstić information content (AvgIpc) is 3.28. The summed E-state index contributed by atoms with van der Waals surface area (Å²) in [6.45, 7) is 2.31. The zero-order chi connectivity index (χ0) is 23.1. The number of nitriles is 1. The standard InChI is InChI=1S/C24H20FN7O/c1-14-16(13-26)21(30-24(27)28-14)31-12-6-11-19(31)22-29-18-10-5-9-17(25)20(18)23(33)32(22)15-7-3-2-4-8-15/h2-5,7-10,19H,6,11-12H2,1H3,(H2,27,28,30). The summed E-state index contributed by atoms with van der Waals surface area (Å²) < 4.78 is 16.1. The largest absolute Gasteiger partial charge is 0.368 e. The molecule has 0 aliphatic carbocycles. The van der Waals surface area contributed by atoms with Gasteiger partial charge in [-0.2, -0.15) is 10.2 Å². The molecule has 9 heteroatoms. The quantitative estimate of drug-likeness (QED) is 0.518. The Morgan fingerprint density at radius 2 is 1.91 bits per heavy atom. The van der Waals surface area contributed by atoms with Crippen molar-refractivity contribution in [3.8, 4) is 11.8 Å². The van der Waals surface area contributed by atoms with Gasteiger partial charge in [0.15, 0.2) is 5.82 Å². The molecule has 33 heavy (non-hydrogen) atoms. The van der Waals surface area contributed by atoms with Gasteiger partial charge in [-0.05, 0) is 44.0 Å².